The molecule has 21 heavy (non-hydrogen) atoms. The Morgan fingerprint density at radius 2 is 1.90 bits per heavy atom. The van der Waals surface area contributed by atoms with Gasteiger partial charge in [0.25, 0.3) is 5.69 Å². The predicted octanol–water partition coefficient (Wildman–Crippen LogP) is 3.77. The fourth-order valence-electron chi connectivity index (χ4n) is 2.02. The number of esters is 1. The number of methoxy groups -OCH3 is 1. The number of carbonyl (C=O) groups excluding carboxylic acids is 1. The molecule has 0 saturated carbocycles. The van der Waals surface area contributed by atoms with E-state index in [1.807, 2.05) is 30.5 Å². The van der Waals surface area contributed by atoms with Crippen molar-refractivity contribution in [2.24, 2.45) is 0 Å². The quantitative estimate of drug-likeness (QED) is 0.372. The molecular formula is C15H13NO4S. The Morgan fingerprint density at radius 1 is 1.19 bits per heavy atom. The molecule has 0 atom stereocenters. The van der Waals surface area contributed by atoms with Crippen LogP contribution in [0.1, 0.15) is 10.4 Å². The van der Waals surface area contributed by atoms with Crippen molar-refractivity contribution in [3.8, 4) is 11.1 Å². The molecule has 0 spiro atoms. The number of nitro benzene ring substituents is 1. The van der Waals surface area contributed by atoms with Crippen LogP contribution in [0.15, 0.2) is 47.4 Å². The van der Waals surface area contributed by atoms with E-state index in [0.29, 0.717) is 5.56 Å². The lowest BCUT2D eigenvalue weighted by molar-refractivity contribution is -0.384. The van der Waals surface area contributed by atoms with E-state index < -0.39 is 10.9 Å². The second kappa shape index (κ2) is 6.41. The highest BCUT2D eigenvalue weighted by Crippen LogP contribution is 2.36. The fourth-order valence-corrected chi connectivity index (χ4v) is 2.63. The Hall–Kier alpha value is -2.34. The third-order valence-corrected chi connectivity index (χ3v) is 3.81. The zero-order chi connectivity index (χ0) is 15.4. The van der Waals surface area contributed by atoms with Gasteiger partial charge in [-0.3, -0.25) is 10.1 Å². The van der Waals surface area contributed by atoms with E-state index in [9.17, 15) is 14.9 Å². The molecule has 2 rings (SSSR count). The van der Waals surface area contributed by atoms with Gasteiger partial charge in [0.15, 0.2) is 0 Å². The number of nitrogens with zero attached hydrogens (tertiary/aromatic N) is 1. The highest BCUT2D eigenvalue weighted by molar-refractivity contribution is 7.98. The number of carbonyl (C=O) groups is 1. The molecule has 0 aliphatic heterocycles. The molecule has 2 aromatic carbocycles. The molecule has 0 aliphatic rings. The number of benzene rings is 2. The zero-order valence-corrected chi connectivity index (χ0v) is 12.3. The summed E-state index contributed by atoms with van der Waals surface area (Å²) in [5.41, 5.74) is 1.31. The molecule has 6 heteroatoms. The first-order chi connectivity index (χ1) is 10.1. The molecule has 2 aromatic rings. The summed E-state index contributed by atoms with van der Waals surface area (Å²) in [6.07, 6.45) is 1.91. The largest absolute Gasteiger partial charge is 0.465 e. The molecule has 0 heterocycles. The lowest BCUT2D eigenvalue weighted by Crippen LogP contribution is -2.03. The average molecular weight is 303 g/mol. The molecule has 0 aromatic heterocycles. The van der Waals surface area contributed by atoms with Gasteiger partial charge in [-0.25, -0.2) is 4.79 Å². The summed E-state index contributed by atoms with van der Waals surface area (Å²) in [6, 6.07) is 11.8. The van der Waals surface area contributed by atoms with E-state index in [1.54, 1.807) is 6.07 Å². The summed E-state index contributed by atoms with van der Waals surface area (Å²) in [4.78, 5) is 23.3. The summed E-state index contributed by atoms with van der Waals surface area (Å²) < 4.78 is 4.60. The van der Waals surface area contributed by atoms with Crippen LogP contribution in [-0.4, -0.2) is 24.3 Å². The molecule has 0 aliphatic carbocycles. The van der Waals surface area contributed by atoms with Gasteiger partial charge < -0.3 is 4.74 Å². The van der Waals surface area contributed by atoms with E-state index in [-0.39, 0.29) is 11.3 Å². The van der Waals surface area contributed by atoms with Crippen LogP contribution in [0.5, 0.6) is 0 Å². The van der Waals surface area contributed by atoms with Crippen molar-refractivity contribution >= 4 is 23.4 Å². The van der Waals surface area contributed by atoms with Crippen molar-refractivity contribution in [1.82, 2.24) is 0 Å². The van der Waals surface area contributed by atoms with E-state index in [1.165, 1.54) is 31.0 Å². The van der Waals surface area contributed by atoms with Crippen molar-refractivity contribution in [2.45, 2.75) is 4.90 Å². The highest BCUT2D eigenvalue weighted by Gasteiger charge is 2.20. The molecule has 0 bridgehead atoms. The number of thioether (sulfide) groups is 1. The first kappa shape index (κ1) is 15.1. The minimum Gasteiger partial charge on any atom is -0.465 e. The molecular weight excluding hydrogens is 290 g/mol. The third kappa shape index (κ3) is 3.05. The molecule has 0 fully saturated rings. The molecule has 0 radical (unpaired) electrons. The van der Waals surface area contributed by atoms with Crippen LogP contribution in [-0.2, 0) is 4.74 Å². The molecule has 0 N–H and O–H groups in total. The summed E-state index contributed by atoms with van der Waals surface area (Å²) in [5, 5.41) is 11.3. The van der Waals surface area contributed by atoms with Gasteiger partial charge in [0.05, 0.1) is 23.2 Å². The number of nitro groups is 1. The number of hydrogen-bond donors (Lipinski definition) is 0. The van der Waals surface area contributed by atoms with E-state index in [4.69, 9.17) is 0 Å². The van der Waals surface area contributed by atoms with Crippen molar-refractivity contribution in [1.29, 1.82) is 0 Å². The maximum absolute atomic E-state index is 11.5. The minimum absolute atomic E-state index is 0.112. The maximum Gasteiger partial charge on any atom is 0.338 e. The normalized spacial score (nSPS) is 10.2. The summed E-state index contributed by atoms with van der Waals surface area (Å²) in [7, 11) is 1.24. The van der Waals surface area contributed by atoms with E-state index in [0.717, 1.165) is 10.5 Å². The number of ether oxygens (including phenoxy) is 1. The first-order valence-electron chi connectivity index (χ1n) is 6.08. The Balaban J connectivity index is 2.63. The van der Waals surface area contributed by atoms with Gasteiger partial charge in [-0.15, -0.1) is 11.8 Å². The van der Waals surface area contributed by atoms with Crippen LogP contribution in [0.2, 0.25) is 0 Å². The smallest absolute Gasteiger partial charge is 0.338 e. The number of rotatable bonds is 4. The molecule has 0 saturated heterocycles. The van der Waals surface area contributed by atoms with Crippen molar-refractivity contribution in [2.75, 3.05) is 13.4 Å². The molecule has 5 nitrogen and oxygen atoms in total. The first-order valence-corrected chi connectivity index (χ1v) is 7.31. The SMILES string of the molecule is COC(=O)c1ccc(-c2ccccc2SC)c([N+](=O)[O-])c1. The van der Waals surface area contributed by atoms with Gasteiger partial charge in [-0.2, -0.15) is 0 Å². The van der Waals surface area contributed by atoms with Crippen LogP contribution in [0.3, 0.4) is 0 Å². The molecule has 108 valence electrons. The van der Waals surface area contributed by atoms with Gasteiger partial charge in [-0.05, 0) is 24.5 Å². The zero-order valence-electron chi connectivity index (χ0n) is 11.5. The van der Waals surface area contributed by atoms with Crippen LogP contribution >= 0.6 is 11.8 Å². The number of hydrogen-bond acceptors (Lipinski definition) is 5. The summed E-state index contributed by atoms with van der Waals surface area (Å²) in [5.74, 6) is -0.595. The lowest BCUT2D eigenvalue weighted by Gasteiger charge is -2.09. The third-order valence-electron chi connectivity index (χ3n) is 3.01. The fraction of sp³-hybridized carbons (Fsp3) is 0.133. The van der Waals surface area contributed by atoms with Gasteiger partial charge in [0, 0.05) is 16.5 Å². The maximum atomic E-state index is 11.5. The standard InChI is InChI=1S/C15H13NO4S/c1-20-15(17)10-7-8-11(13(9-10)16(18)19)12-5-3-4-6-14(12)21-2/h3-9H,1-2H3. The van der Waals surface area contributed by atoms with Gasteiger partial charge >= 0.3 is 5.97 Å². The van der Waals surface area contributed by atoms with Crippen molar-refractivity contribution in [3.05, 3.63) is 58.1 Å². The van der Waals surface area contributed by atoms with E-state index >= 15 is 0 Å². The van der Waals surface area contributed by atoms with E-state index in [2.05, 4.69) is 4.74 Å². The van der Waals surface area contributed by atoms with Gasteiger partial charge in [0.1, 0.15) is 0 Å². The highest BCUT2D eigenvalue weighted by atomic mass is 32.2. The minimum atomic E-state index is -0.595. The second-order valence-corrected chi connectivity index (χ2v) is 5.03. The van der Waals surface area contributed by atoms with Crippen LogP contribution in [0.4, 0.5) is 5.69 Å². The topological polar surface area (TPSA) is 69.4 Å². The Morgan fingerprint density at radius 3 is 2.52 bits per heavy atom. The Labute approximate surface area is 126 Å². The van der Waals surface area contributed by atoms with Crippen molar-refractivity contribution < 1.29 is 14.5 Å². The van der Waals surface area contributed by atoms with Crippen LogP contribution < -0.4 is 0 Å². The summed E-state index contributed by atoms with van der Waals surface area (Å²) in [6.45, 7) is 0. The Bertz CT molecular complexity index is 700. The average Bonchev–Trinajstić information content (AvgIpc) is 2.53. The Kier molecular flexibility index (Phi) is 4.59. The molecule has 0 amide bonds. The van der Waals surface area contributed by atoms with Crippen molar-refractivity contribution in [3.63, 3.8) is 0 Å². The monoisotopic (exact) mass is 303 g/mol. The van der Waals surface area contributed by atoms with Gasteiger partial charge in [-0.1, -0.05) is 18.2 Å². The lowest BCUT2D eigenvalue weighted by atomic mass is 10.0. The summed E-state index contributed by atoms with van der Waals surface area (Å²) >= 11 is 1.51. The second-order valence-electron chi connectivity index (χ2n) is 4.18. The predicted molar refractivity (Wildman–Crippen MR) is 81.7 cm³/mol. The molecule has 0 unspecified atom stereocenters. The van der Waals surface area contributed by atoms with Gasteiger partial charge in [0.2, 0.25) is 0 Å². The van der Waals surface area contributed by atoms with Crippen LogP contribution in [0.25, 0.3) is 11.1 Å². The van der Waals surface area contributed by atoms with Crippen LogP contribution in [0, 0.1) is 10.1 Å².